The van der Waals surface area contributed by atoms with Gasteiger partial charge in [0.05, 0.1) is 26.1 Å². The van der Waals surface area contributed by atoms with Gasteiger partial charge in [0.15, 0.2) is 12.4 Å². The minimum atomic E-state index is -0.321. The second-order valence-electron chi connectivity index (χ2n) is 8.34. The zero-order chi connectivity index (χ0) is 27.4. The fraction of sp³-hybridized carbons (Fsp3) is 0.0345. The number of rotatable bonds is 7. The van der Waals surface area contributed by atoms with E-state index >= 15 is 0 Å². The van der Waals surface area contributed by atoms with Crippen LogP contribution in [0.4, 0.5) is 5.69 Å². The summed E-state index contributed by atoms with van der Waals surface area (Å²) in [6, 6.07) is 27.0. The van der Waals surface area contributed by atoms with Gasteiger partial charge in [0.2, 0.25) is 0 Å². The SMILES string of the molecule is O=C(COc1c(Br)cc(C=Nn2c(-c3ccccc3)nc3ccccc3c2=O)cc1Br)Nc1ccc(Cl)cc1. The lowest BCUT2D eigenvalue weighted by atomic mass is 10.2. The van der Waals surface area contributed by atoms with Crippen LogP contribution in [0.2, 0.25) is 5.02 Å². The van der Waals surface area contributed by atoms with Gasteiger partial charge >= 0.3 is 0 Å². The summed E-state index contributed by atoms with van der Waals surface area (Å²) in [6.45, 7) is -0.203. The Labute approximate surface area is 245 Å². The molecule has 10 heteroatoms. The van der Waals surface area contributed by atoms with Gasteiger partial charge < -0.3 is 10.1 Å². The maximum atomic E-state index is 13.4. The highest BCUT2D eigenvalue weighted by atomic mass is 79.9. The van der Waals surface area contributed by atoms with Crippen LogP contribution in [0.25, 0.3) is 22.3 Å². The molecule has 0 fully saturated rings. The molecule has 0 aliphatic rings. The van der Waals surface area contributed by atoms with Gasteiger partial charge in [0, 0.05) is 16.3 Å². The number of carbonyl (C=O) groups excluding carboxylic acids is 1. The van der Waals surface area contributed by atoms with Crippen LogP contribution in [0, 0.1) is 0 Å². The largest absolute Gasteiger partial charge is 0.481 e. The number of aromatic nitrogens is 2. The molecule has 0 aliphatic heterocycles. The van der Waals surface area contributed by atoms with Gasteiger partial charge in [-0.2, -0.15) is 9.78 Å². The summed E-state index contributed by atoms with van der Waals surface area (Å²) < 4.78 is 8.25. The van der Waals surface area contributed by atoms with E-state index in [1.165, 1.54) is 4.68 Å². The predicted octanol–water partition coefficient (Wildman–Crippen LogP) is 7.14. The highest BCUT2D eigenvalue weighted by molar-refractivity contribution is 9.11. The number of amides is 1. The van der Waals surface area contributed by atoms with Crippen LogP contribution in [0.15, 0.2) is 110 Å². The van der Waals surface area contributed by atoms with Crippen molar-refractivity contribution in [1.82, 2.24) is 9.66 Å². The van der Waals surface area contributed by atoms with E-state index in [9.17, 15) is 9.59 Å². The molecule has 0 bridgehead atoms. The number of anilines is 1. The predicted molar refractivity (Wildman–Crippen MR) is 162 cm³/mol. The molecule has 194 valence electrons. The van der Waals surface area contributed by atoms with E-state index in [-0.39, 0.29) is 18.1 Å². The number of nitrogens with one attached hydrogen (secondary N) is 1. The smallest absolute Gasteiger partial charge is 0.282 e. The van der Waals surface area contributed by atoms with Crippen molar-refractivity contribution >= 4 is 72.2 Å². The Morgan fingerprint density at radius 2 is 1.64 bits per heavy atom. The molecule has 1 amide bonds. The Hall–Kier alpha value is -3.79. The molecular formula is C29H19Br2ClN4O3. The van der Waals surface area contributed by atoms with Crippen LogP contribution in [-0.4, -0.2) is 28.4 Å². The fourth-order valence-electron chi connectivity index (χ4n) is 3.79. The summed E-state index contributed by atoms with van der Waals surface area (Å²) in [4.78, 5) is 30.4. The number of hydrogen-bond acceptors (Lipinski definition) is 5. The van der Waals surface area contributed by atoms with Crippen molar-refractivity contribution in [2.45, 2.75) is 0 Å². The molecule has 0 aliphatic carbocycles. The minimum absolute atomic E-state index is 0.203. The topological polar surface area (TPSA) is 85.6 Å². The first-order chi connectivity index (χ1) is 18.9. The molecule has 5 aromatic rings. The van der Waals surface area contributed by atoms with Crippen molar-refractivity contribution in [1.29, 1.82) is 0 Å². The number of hydrogen-bond donors (Lipinski definition) is 1. The van der Waals surface area contributed by atoms with Crippen LogP contribution in [0.5, 0.6) is 5.75 Å². The lowest BCUT2D eigenvalue weighted by molar-refractivity contribution is -0.118. The van der Waals surface area contributed by atoms with Crippen molar-refractivity contribution in [3.8, 4) is 17.1 Å². The number of nitrogens with zero attached hydrogens (tertiary/aromatic N) is 3. The van der Waals surface area contributed by atoms with Crippen LogP contribution in [-0.2, 0) is 4.79 Å². The highest BCUT2D eigenvalue weighted by Crippen LogP contribution is 2.34. The number of benzene rings is 4. The average Bonchev–Trinajstić information content (AvgIpc) is 2.94. The Morgan fingerprint density at radius 1 is 0.974 bits per heavy atom. The van der Waals surface area contributed by atoms with Crippen molar-refractivity contribution in [3.05, 3.63) is 121 Å². The Kier molecular flexibility index (Phi) is 8.21. The summed E-state index contributed by atoms with van der Waals surface area (Å²) in [7, 11) is 0. The first-order valence-corrected chi connectivity index (χ1v) is 13.6. The number of carbonyl (C=O) groups is 1. The maximum absolute atomic E-state index is 13.4. The van der Waals surface area contributed by atoms with Gasteiger partial charge in [-0.15, -0.1) is 0 Å². The third-order valence-corrected chi connectivity index (χ3v) is 7.03. The number of para-hydroxylation sites is 1. The van der Waals surface area contributed by atoms with E-state index in [0.29, 0.717) is 47.7 Å². The zero-order valence-electron chi connectivity index (χ0n) is 20.1. The lowest BCUT2D eigenvalue weighted by Gasteiger charge is -2.12. The molecular weight excluding hydrogens is 648 g/mol. The highest BCUT2D eigenvalue weighted by Gasteiger charge is 2.14. The van der Waals surface area contributed by atoms with Gasteiger partial charge in [-0.05, 0) is 86.0 Å². The molecule has 5 rings (SSSR count). The van der Waals surface area contributed by atoms with E-state index in [2.05, 4.69) is 42.3 Å². The third-order valence-electron chi connectivity index (χ3n) is 5.60. The van der Waals surface area contributed by atoms with Crippen molar-refractivity contribution in [3.63, 3.8) is 0 Å². The summed E-state index contributed by atoms with van der Waals surface area (Å²) in [5.41, 5.74) is 2.39. The Morgan fingerprint density at radius 3 is 2.36 bits per heavy atom. The van der Waals surface area contributed by atoms with Crippen LogP contribution < -0.4 is 15.6 Å². The van der Waals surface area contributed by atoms with Crippen LogP contribution in [0.3, 0.4) is 0 Å². The number of halogens is 3. The molecule has 1 heterocycles. The first-order valence-electron chi connectivity index (χ1n) is 11.7. The minimum Gasteiger partial charge on any atom is -0.481 e. The van der Waals surface area contributed by atoms with Gasteiger partial charge in [-0.1, -0.05) is 54.1 Å². The van der Waals surface area contributed by atoms with Crippen LogP contribution in [0.1, 0.15) is 5.56 Å². The molecule has 0 atom stereocenters. The summed E-state index contributed by atoms with van der Waals surface area (Å²) in [6.07, 6.45) is 1.57. The van der Waals surface area contributed by atoms with E-state index in [1.807, 2.05) is 36.4 Å². The van der Waals surface area contributed by atoms with Gasteiger partial charge in [0.25, 0.3) is 11.5 Å². The maximum Gasteiger partial charge on any atom is 0.282 e. The fourth-order valence-corrected chi connectivity index (χ4v) is 5.37. The van der Waals surface area contributed by atoms with Crippen LogP contribution >= 0.6 is 43.5 Å². The normalized spacial score (nSPS) is 11.2. The molecule has 1 N–H and O–H groups in total. The lowest BCUT2D eigenvalue weighted by Crippen LogP contribution is -2.20. The Balaban J connectivity index is 1.39. The molecule has 0 saturated carbocycles. The Bertz CT molecular complexity index is 1730. The van der Waals surface area contributed by atoms with E-state index in [4.69, 9.17) is 21.3 Å². The van der Waals surface area contributed by atoms with Gasteiger partial charge in [0.1, 0.15) is 5.75 Å². The summed E-state index contributed by atoms with van der Waals surface area (Å²) in [5.74, 6) is 0.562. The van der Waals surface area contributed by atoms with Crippen molar-refractivity contribution in [2.75, 3.05) is 11.9 Å². The number of ether oxygens (including phenoxy) is 1. The number of fused-ring (bicyclic) bond motifs is 1. The molecule has 0 spiro atoms. The van der Waals surface area contributed by atoms with Crippen molar-refractivity contribution in [2.24, 2.45) is 5.10 Å². The second-order valence-corrected chi connectivity index (χ2v) is 10.5. The van der Waals surface area contributed by atoms with E-state index < -0.39 is 0 Å². The standard InChI is InChI=1S/C29H19Br2ClN4O3/c30-23-14-18(15-24(31)27(23)39-17-26(37)34-21-12-10-20(32)11-13-21)16-33-36-28(19-6-2-1-3-7-19)35-25-9-5-4-8-22(25)29(36)38/h1-16H,17H2,(H,34,37). The second kappa shape index (κ2) is 11.9. The molecule has 1 aromatic heterocycles. The molecule has 0 saturated heterocycles. The van der Waals surface area contributed by atoms with E-state index in [1.54, 1.807) is 60.8 Å². The summed E-state index contributed by atoms with van der Waals surface area (Å²) >= 11 is 12.9. The van der Waals surface area contributed by atoms with E-state index in [0.717, 1.165) is 5.56 Å². The monoisotopic (exact) mass is 664 g/mol. The van der Waals surface area contributed by atoms with Gasteiger partial charge in [-0.25, -0.2) is 4.98 Å². The molecule has 39 heavy (non-hydrogen) atoms. The molecule has 0 radical (unpaired) electrons. The molecule has 0 unspecified atom stereocenters. The van der Waals surface area contributed by atoms with Crippen molar-refractivity contribution < 1.29 is 9.53 Å². The van der Waals surface area contributed by atoms with Gasteiger partial charge in [-0.3, -0.25) is 9.59 Å². The molecule has 7 nitrogen and oxygen atoms in total. The average molecular weight is 667 g/mol. The molecule has 4 aromatic carbocycles. The third kappa shape index (κ3) is 6.27. The zero-order valence-corrected chi connectivity index (χ0v) is 24.1. The first kappa shape index (κ1) is 26.8. The summed E-state index contributed by atoms with van der Waals surface area (Å²) in [5, 5.41) is 8.31. The quantitative estimate of drug-likeness (QED) is 0.187.